The highest BCUT2D eigenvalue weighted by Crippen LogP contribution is 2.44. The van der Waals surface area contributed by atoms with Gasteiger partial charge in [-0.15, -0.1) is 23.1 Å². The molecule has 0 radical (unpaired) electrons. The number of nitrogens with zero attached hydrogens (tertiary/aromatic N) is 1. The van der Waals surface area contributed by atoms with Gasteiger partial charge in [-0.05, 0) is 19.1 Å². The summed E-state index contributed by atoms with van der Waals surface area (Å²) in [5.74, 6) is 0.0107. The van der Waals surface area contributed by atoms with Gasteiger partial charge >= 0.3 is 0 Å². The van der Waals surface area contributed by atoms with Crippen LogP contribution in [0.15, 0.2) is 4.90 Å². The van der Waals surface area contributed by atoms with Crippen molar-refractivity contribution >= 4 is 39.6 Å². The summed E-state index contributed by atoms with van der Waals surface area (Å²) in [4.78, 5) is 15.3. The van der Waals surface area contributed by atoms with Crippen LogP contribution in [0.1, 0.15) is 29.4 Å². The molecule has 2 heterocycles. The first-order valence-electron chi connectivity index (χ1n) is 5.94. The van der Waals surface area contributed by atoms with E-state index in [4.69, 9.17) is 5.73 Å². The molecular weight excluding hydrogens is 268 g/mol. The average Bonchev–Trinajstić information content (AvgIpc) is 2.66. The van der Waals surface area contributed by atoms with Crippen molar-refractivity contribution in [2.45, 2.75) is 30.8 Å². The average molecular weight is 286 g/mol. The maximum Gasteiger partial charge on any atom is 0.171 e. The number of thiophene rings is 1. The van der Waals surface area contributed by atoms with E-state index in [1.165, 1.54) is 11.3 Å². The number of nitrogen functional groups attached to an aromatic ring is 1. The normalized spacial score (nSPS) is 20.2. The molecule has 100 valence electrons. The zero-order valence-corrected chi connectivity index (χ0v) is 12.2. The molecule has 1 fully saturated rings. The summed E-state index contributed by atoms with van der Waals surface area (Å²) in [5, 5.41) is 10.8. The fourth-order valence-electron chi connectivity index (χ4n) is 2.22. The third-order valence-corrected chi connectivity index (χ3v) is 5.41. The largest absolute Gasteiger partial charge is 0.396 e. The summed E-state index contributed by atoms with van der Waals surface area (Å²) in [5.41, 5.74) is 6.63. The number of Topliss-reactive ketones (excluding diaryl/α,β-unsaturated/α-hetero) is 1. The van der Waals surface area contributed by atoms with Crippen molar-refractivity contribution in [1.82, 2.24) is 0 Å². The molecule has 1 aromatic heterocycles. The van der Waals surface area contributed by atoms with Crippen LogP contribution in [-0.4, -0.2) is 36.3 Å². The number of nitrogens with two attached hydrogens (primary N) is 1. The maximum absolute atomic E-state index is 11.5. The molecule has 2 rings (SSSR count). The summed E-state index contributed by atoms with van der Waals surface area (Å²) < 4.78 is 0. The fourth-order valence-corrected chi connectivity index (χ4v) is 4.33. The van der Waals surface area contributed by atoms with Crippen molar-refractivity contribution in [2.24, 2.45) is 0 Å². The molecule has 0 saturated carbocycles. The predicted molar refractivity (Wildman–Crippen MR) is 78.0 cm³/mol. The van der Waals surface area contributed by atoms with Crippen molar-refractivity contribution in [2.75, 3.05) is 30.0 Å². The number of hydrogen-bond donors (Lipinski definition) is 2. The Morgan fingerprint density at radius 3 is 2.89 bits per heavy atom. The van der Waals surface area contributed by atoms with Crippen LogP contribution in [0.25, 0.3) is 0 Å². The molecule has 1 saturated heterocycles. The molecular formula is C12H18N2O2S2. The number of rotatable bonds is 3. The van der Waals surface area contributed by atoms with Crippen molar-refractivity contribution in [3.8, 4) is 0 Å². The maximum atomic E-state index is 11.5. The van der Waals surface area contributed by atoms with E-state index in [1.54, 1.807) is 18.7 Å². The number of carbonyl (C=O) groups is 1. The number of thioether (sulfide) groups is 1. The first-order chi connectivity index (χ1) is 8.54. The van der Waals surface area contributed by atoms with Crippen LogP contribution in [0.4, 0.5) is 10.7 Å². The third kappa shape index (κ3) is 2.50. The monoisotopic (exact) mass is 286 g/mol. The lowest BCUT2D eigenvalue weighted by Crippen LogP contribution is -2.38. The van der Waals surface area contributed by atoms with E-state index in [9.17, 15) is 9.90 Å². The van der Waals surface area contributed by atoms with Crippen LogP contribution in [0, 0.1) is 0 Å². The molecule has 3 N–H and O–H groups in total. The van der Waals surface area contributed by atoms with Gasteiger partial charge in [-0.1, -0.05) is 0 Å². The second-order valence-corrected chi connectivity index (χ2v) is 6.30. The van der Waals surface area contributed by atoms with Gasteiger partial charge in [-0.2, -0.15) is 0 Å². The summed E-state index contributed by atoms with van der Waals surface area (Å²) in [6, 6.07) is 0. The van der Waals surface area contributed by atoms with Gasteiger partial charge in [-0.3, -0.25) is 4.79 Å². The number of aliphatic hydroxyl groups excluding tert-OH is 1. The van der Waals surface area contributed by atoms with Crippen LogP contribution in [0.2, 0.25) is 0 Å². The molecule has 1 unspecified atom stereocenters. The van der Waals surface area contributed by atoms with Gasteiger partial charge in [0, 0.05) is 20.0 Å². The molecule has 1 atom stereocenters. The van der Waals surface area contributed by atoms with E-state index in [2.05, 4.69) is 4.90 Å². The van der Waals surface area contributed by atoms with E-state index in [0.29, 0.717) is 17.1 Å². The molecule has 0 spiro atoms. The van der Waals surface area contributed by atoms with Crippen LogP contribution in [0.3, 0.4) is 0 Å². The van der Waals surface area contributed by atoms with Crippen molar-refractivity contribution in [3.63, 3.8) is 0 Å². The number of hydrogen-bond acceptors (Lipinski definition) is 6. The first-order valence-corrected chi connectivity index (χ1v) is 7.99. The summed E-state index contributed by atoms with van der Waals surface area (Å²) in [6.07, 6.45) is 3.51. The standard InChI is InChI=1S/C12H18N2O2S2/c1-7(15)10-9(13)11(17-2)12(18-10)14-5-3-4-8(16)6-14/h8,16H,3-6,13H2,1-2H3. The van der Waals surface area contributed by atoms with Crippen LogP contribution in [0.5, 0.6) is 0 Å². The van der Waals surface area contributed by atoms with E-state index >= 15 is 0 Å². The summed E-state index contributed by atoms with van der Waals surface area (Å²) >= 11 is 3.01. The van der Waals surface area contributed by atoms with E-state index < -0.39 is 0 Å². The Bertz CT molecular complexity index is 459. The third-order valence-electron chi connectivity index (χ3n) is 3.09. The lowest BCUT2D eigenvalue weighted by Gasteiger charge is -2.31. The Labute approximate surface area is 115 Å². The van der Waals surface area contributed by atoms with Gasteiger partial charge in [0.25, 0.3) is 0 Å². The van der Waals surface area contributed by atoms with Crippen LogP contribution < -0.4 is 10.6 Å². The molecule has 0 aromatic carbocycles. The molecule has 0 amide bonds. The topological polar surface area (TPSA) is 66.6 Å². The predicted octanol–water partition coefficient (Wildman–Crippen LogP) is 2.22. The van der Waals surface area contributed by atoms with Gasteiger partial charge < -0.3 is 15.7 Å². The zero-order chi connectivity index (χ0) is 13.3. The minimum absolute atomic E-state index is 0.0107. The highest BCUT2D eigenvalue weighted by molar-refractivity contribution is 7.99. The highest BCUT2D eigenvalue weighted by Gasteiger charge is 2.25. The minimum Gasteiger partial charge on any atom is -0.396 e. The molecule has 1 aliphatic rings. The second-order valence-electron chi connectivity index (χ2n) is 4.48. The lowest BCUT2D eigenvalue weighted by atomic mass is 10.1. The van der Waals surface area contributed by atoms with Crippen molar-refractivity contribution < 1.29 is 9.90 Å². The highest BCUT2D eigenvalue weighted by atomic mass is 32.2. The van der Waals surface area contributed by atoms with Crippen molar-refractivity contribution in [3.05, 3.63) is 4.88 Å². The van der Waals surface area contributed by atoms with Gasteiger partial charge in [0.2, 0.25) is 0 Å². The van der Waals surface area contributed by atoms with Gasteiger partial charge in [0.1, 0.15) is 5.00 Å². The van der Waals surface area contributed by atoms with Gasteiger partial charge in [0.15, 0.2) is 5.78 Å². The zero-order valence-electron chi connectivity index (χ0n) is 10.6. The number of ketones is 1. The Balaban J connectivity index is 2.37. The quantitative estimate of drug-likeness (QED) is 0.659. The lowest BCUT2D eigenvalue weighted by molar-refractivity contribution is 0.102. The fraction of sp³-hybridized carbons (Fsp3) is 0.583. The Morgan fingerprint density at radius 1 is 1.61 bits per heavy atom. The molecule has 0 bridgehead atoms. The van der Waals surface area contributed by atoms with E-state index in [0.717, 1.165) is 29.3 Å². The van der Waals surface area contributed by atoms with E-state index in [1.807, 2.05) is 6.26 Å². The van der Waals surface area contributed by atoms with Crippen LogP contribution in [-0.2, 0) is 0 Å². The van der Waals surface area contributed by atoms with Gasteiger partial charge in [0.05, 0.1) is 21.6 Å². The Hall–Kier alpha value is -0.720. The number of β-amino-alcohol motifs (C(OH)–C–C–N with tert-alkyl or cyclic N) is 1. The van der Waals surface area contributed by atoms with Gasteiger partial charge in [-0.25, -0.2) is 0 Å². The van der Waals surface area contributed by atoms with E-state index in [-0.39, 0.29) is 11.9 Å². The molecule has 1 aromatic rings. The van der Waals surface area contributed by atoms with Crippen LogP contribution >= 0.6 is 23.1 Å². The number of carbonyl (C=O) groups excluding carboxylic acids is 1. The number of aliphatic hydroxyl groups is 1. The van der Waals surface area contributed by atoms with Crippen molar-refractivity contribution in [1.29, 1.82) is 0 Å². The SMILES string of the molecule is CSc1c(N2CCCC(O)C2)sc(C(C)=O)c1N. The summed E-state index contributed by atoms with van der Waals surface area (Å²) in [6.45, 7) is 3.09. The molecule has 18 heavy (non-hydrogen) atoms. The minimum atomic E-state index is -0.280. The first kappa shape index (κ1) is 13.7. The molecule has 6 heteroatoms. The molecule has 0 aliphatic carbocycles. The number of anilines is 2. The summed E-state index contributed by atoms with van der Waals surface area (Å²) in [7, 11) is 0. The number of piperidine rings is 1. The molecule has 4 nitrogen and oxygen atoms in total. The molecule has 1 aliphatic heterocycles. The smallest absolute Gasteiger partial charge is 0.171 e. The Morgan fingerprint density at radius 2 is 2.33 bits per heavy atom. The second kappa shape index (κ2) is 5.50. The Kier molecular flexibility index (Phi) is 4.19.